The molecule has 0 spiro atoms. The van der Waals surface area contributed by atoms with Gasteiger partial charge in [0.25, 0.3) is 0 Å². The van der Waals surface area contributed by atoms with E-state index in [2.05, 4.69) is 10.4 Å². The summed E-state index contributed by atoms with van der Waals surface area (Å²) in [7, 11) is 0. The maximum absolute atomic E-state index is 14.0. The van der Waals surface area contributed by atoms with Crippen molar-refractivity contribution in [2.75, 3.05) is 11.9 Å². The molecule has 20 heavy (non-hydrogen) atoms. The highest BCUT2D eigenvalue weighted by Gasteiger charge is 2.28. The number of rotatable bonds is 2. The fourth-order valence-electron chi connectivity index (χ4n) is 2.62. The smallest absolute Gasteiger partial charge is 0.131 e. The molecule has 0 saturated heterocycles. The number of fused-ring (bicyclic) bond motifs is 1. The van der Waals surface area contributed by atoms with Crippen LogP contribution in [0.25, 0.3) is 0 Å². The lowest BCUT2D eigenvalue weighted by atomic mass is 10.0. The second-order valence-electron chi connectivity index (χ2n) is 5.42. The third-order valence-corrected chi connectivity index (χ3v) is 3.70. The third kappa shape index (κ3) is 2.07. The Bertz CT molecular complexity index is 614. The molecule has 0 bridgehead atoms. The van der Waals surface area contributed by atoms with Crippen LogP contribution in [0.15, 0.2) is 24.3 Å². The molecule has 0 aliphatic carbocycles. The predicted octanol–water partition coefficient (Wildman–Crippen LogP) is 3.69. The van der Waals surface area contributed by atoms with E-state index >= 15 is 0 Å². The highest BCUT2D eigenvalue weighted by atomic mass is 19.1. The summed E-state index contributed by atoms with van der Waals surface area (Å²) in [6, 6.07) is 5.55. The maximum Gasteiger partial charge on any atom is 0.131 e. The summed E-state index contributed by atoms with van der Waals surface area (Å²) in [6.45, 7) is 4.78. The zero-order valence-electron chi connectivity index (χ0n) is 11.5. The average Bonchev–Trinajstić information content (AvgIpc) is 2.83. The molecule has 1 aliphatic rings. The van der Waals surface area contributed by atoms with Crippen molar-refractivity contribution < 1.29 is 8.78 Å². The average molecular weight is 277 g/mol. The second kappa shape index (κ2) is 4.89. The lowest BCUT2D eigenvalue weighted by molar-refractivity contribution is 0.430. The molecule has 1 aromatic heterocycles. The largest absolute Gasteiger partial charge is 0.370 e. The predicted molar refractivity (Wildman–Crippen MR) is 73.9 cm³/mol. The Morgan fingerprint density at radius 3 is 2.65 bits per heavy atom. The van der Waals surface area contributed by atoms with Crippen LogP contribution >= 0.6 is 0 Å². The van der Waals surface area contributed by atoms with E-state index in [4.69, 9.17) is 0 Å². The lowest BCUT2D eigenvalue weighted by Gasteiger charge is -2.26. The first kappa shape index (κ1) is 13.1. The van der Waals surface area contributed by atoms with Crippen molar-refractivity contribution in [2.24, 2.45) is 0 Å². The molecular weight excluding hydrogens is 260 g/mol. The first-order valence-electron chi connectivity index (χ1n) is 6.85. The van der Waals surface area contributed by atoms with Gasteiger partial charge in [-0.05, 0) is 24.5 Å². The van der Waals surface area contributed by atoms with Gasteiger partial charge >= 0.3 is 0 Å². The third-order valence-electron chi connectivity index (χ3n) is 3.70. The minimum Gasteiger partial charge on any atom is -0.370 e. The summed E-state index contributed by atoms with van der Waals surface area (Å²) in [5.74, 6) is 0.0857. The van der Waals surface area contributed by atoms with Crippen LogP contribution in [0.1, 0.15) is 43.5 Å². The molecule has 106 valence electrons. The van der Waals surface area contributed by atoms with Crippen LogP contribution < -0.4 is 5.32 Å². The van der Waals surface area contributed by atoms with Gasteiger partial charge in [0.1, 0.15) is 17.5 Å². The van der Waals surface area contributed by atoms with Crippen LogP contribution in [0.3, 0.4) is 0 Å². The van der Waals surface area contributed by atoms with Crippen molar-refractivity contribution in [3.8, 4) is 0 Å². The van der Waals surface area contributed by atoms with E-state index in [9.17, 15) is 8.78 Å². The zero-order chi connectivity index (χ0) is 14.3. The van der Waals surface area contributed by atoms with Crippen molar-refractivity contribution in [3.63, 3.8) is 0 Å². The van der Waals surface area contributed by atoms with Crippen LogP contribution in [0.2, 0.25) is 0 Å². The van der Waals surface area contributed by atoms with Crippen LogP contribution in [0, 0.1) is 11.6 Å². The fourth-order valence-corrected chi connectivity index (χ4v) is 2.62. The highest BCUT2D eigenvalue weighted by Crippen LogP contribution is 2.33. The molecular formula is C15H17F2N3. The van der Waals surface area contributed by atoms with Crippen LogP contribution in [0.4, 0.5) is 14.6 Å². The lowest BCUT2D eigenvalue weighted by Crippen LogP contribution is -2.25. The molecule has 2 aromatic rings. The molecule has 0 radical (unpaired) electrons. The number of hydrogen-bond donors (Lipinski definition) is 1. The van der Waals surface area contributed by atoms with Crippen molar-refractivity contribution >= 4 is 5.82 Å². The van der Waals surface area contributed by atoms with Gasteiger partial charge in [-0.2, -0.15) is 5.10 Å². The minimum absolute atomic E-state index is 0.105. The molecule has 1 atom stereocenters. The SMILES string of the molecule is CC(C)c1cc2n(n1)C(c1c(F)cccc1F)CCN2. The fraction of sp³-hybridized carbons (Fsp3) is 0.400. The van der Waals surface area contributed by atoms with Crippen molar-refractivity contribution in [3.05, 3.63) is 47.2 Å². The van der Waals surface area contributed by atoms with Crippen LogP contribution in [0.5, 0.6) is 0 Å². The van der Waals surface area contributed by atoms with Crippen molar-refractivity contribution in [1.29, 1.82) is 0 Å². The molecule has 3 nitrogen and oxygen atoms in total. The van der Waals surface area contributed by atoms with E-state index in [1.165, 1.54) is 18.2 Å². The Morgan fingerprint density at radius 1 is 1.30 bits per heavy atom. The number of hydrogen-bond acceptors (Lipinski definition) is 2. The first-order valence-corrected chi connectivity index (χ1v) is 6.85. The van der Waals surface area contributed by atoms with Gasteiger partial charge in [0.15, 0.2) is 0 Å². The van der Waals surface area contributed by atoms with Gasteiger partial charge in [0.2, 0.25) is 0 Å². The van der Waals surface area contributed by atoms with E-state index in [1.54, 1.807) is 4.68 Å². The first-order chi connectivity index (χ1) is 9.58. The summed E-state index contributed by atoms with van der Waals surface area (Å²) in [5.41, 5.74) is 1.03. The van der Waals surface area contributed by atoms with Crippen molar-refractivity contribution in [2.45, 2.75) is 32.2 Å². The Kier molecular flexibility index (Phi) is 3.20. The Hall–Kier alpha value is -1.91. The molecule has 1 aliphatic heterocycles. The molecule has 1 unspecified atom stereocenters. The van der Waals surface area contributed by atoms with Gasteiger partial charge in [-0.15, -0.1) is 0 Å². The number of benzene rings is 1. The van der Waals surface area contributed by atoms with E-state index < -0.39 is 11.6 Å². The summed E-state index contributed by atoms with van der Waals surface area (Å²) >= 11 is 0. The molecule has 0 saturated carbocycles. The Labute approximate surface area is 116 Å². The van der Waals surface area contributed by atoms with Gasteiger partial charge in [0.05, 0.1) is 11.7 Å². The van der Waals surface area contributed by atoms with E-state index in [0.717, 1.165) is 11.5 Å². The van der Waals surface area contributed by atoms with E-state index in [-0.39, 0.29) is 17.5 Å². The van der Waals surface area contributed by atoms with E-state index in [0.29, 0.717) is 13.0 Å². The van der Waals surface area contributed by atoms with Gasteiger partial charge < -0.3 is 5.32 Å². The molecule has 3 rings (SSSR count). The quantitative estimate of drug-likeness (QED) is 0.907. The number of halogens is 2. The van der Waals surface area contributed by atoms with E-state index in [1.807, 2.05) is 19.9 Å². The number of anilines is 1. The maximum atomic E-state index is 14.0. The van der Waals surface area contributed by atoms with Crippen molar-refractivity contribution in [1.82, 2.24) is 9.78 Å². The van der Waals surface area contributed by atoms with Gasteiger partial charge in [-0.1, -0.05) is 19.9 Å². The molecule has 2 heterocycles. The summed E-state index contributed by atoms with van der Waals surface area (Å²) in [6.07, 6.45) is 0.615. The Morgan fingerprint density at radius 2 is 2.00 bits per heavy atom. The number of aromatic nitrogens is 2. The van der Waals surface area contributed by atoms with Crippen LogP contribution in [-0.4, -0.2) is 16.3 Å². The van der Waals surface area contributed by atoms with Gasteiger partial charge in [0, 0.05) is 18.2 Å². The molecule has 1 aromatic carbocycles. The minimum atomic E-state index is -0.510. The second-order valence-corrected chi connectivity index (χ2v) is 5.42. The highest BCUT2D eigenvalue weighted by molar-refractivity contribution is 5.42. The monoisotopic (exact) mass is 277 g/mol. The molecule has 0 amide bonds. The molecule has 0 fully saturated rings. The summed E-state index contributed by atoms with van der Waals surface area (Å²) < 4.78 is 29.7. The topological polar surface area (TPSA) is 29.9 Å². The molecule has 5 heteroatoms. The normalized spacial score (nSPS) is 17.9. The molecule has 1 N–H and O–H groups in total. The van der Waals surface area contributed by atoms with Crippen LogP contribution in [-0.2, 0) is 0 Å². The summed E-state index contributed by atoms with van der Waals surface area (Å²) in [4.78, 5) is 0. The number of nitrogens with one attached hydrogen (secondary N) is 1. The standard InChI is InChI=1S/C15H17F2N3/c1-9(2)12-8-14-18-7-6-13(20(14)19-12)15-10(16)4-3-5-11(15)17/h3-5,8-9,13,18H,6-7H2,1-2H3. The number of nitrogens with zero attached hydrogens (tertiary/aromatic N) is 2. The zero-order valence-corrected chi connectivity index (χ0v) is 11.5. The van der Waals surface area contributed by atoms with Gasteiger partial charge in [-0.25, -0.2) is 13.5 Å². The Balaban J connectivity index is 2.10. The summed E-state index contributed by atoms with van der Waals surface area (Å²) in [5, 5.41) is 7.74. The van der Waals surface area contributed by atoms with Gasteiger partial charge in [-0.3, -0.25) is 0 Å².